The Hall–Kier alpha value is -5.74. The highest BCUT2D eigenvalue weighted by molar-refractivity contribution is 5.88. The van der Waals surface area contributed by atoms with Crippen LogP contribution in [0, 0.1) is 0 Å². The van der Waals surface area contributed by atoms with E-state index >= 15 is 0 Å². The molecule has 6 aromatic carbocycles. The van der Waals surface area contributed by atoms with Gasteiger partial charge in [-0.15, -0.1) is 0 Å². The van der Waals surface area contributed by atoms with E-state index in [9.17, 15) is 9.59 Å². The molecule has 0 aliphatic heterocycles. The number of esters is 2. The molecule has 4 nitrogen and oxygen atoms in total. The first-order valence-electron chi connectivity index (χ1n) is 21.5. The van der Waals surface area contributed by atoms with Gasteiger partial charge in [0.05, 0.1) is 12.8 Å². The van der Waals surface area contributed by atoms with Crippen LogP contribution >= 0.6 is 0 Å². The van der Waals surface area contributed by atoms with Crippen LogP contribution in [0.5, 0.6) is 11.5 Å². The van der Waals surface area contributed by atoms with Gasteiger partial charge in [0.15, 0.2) is 0 Å². The maximum Gasteiger partial charge on any atom is 0.315 e. The predicted octanol–water partition coefficient (Wildman–Crippen LogP) is 12.6. The fourth-order valence-corrected chi connectivity index (χ4v) is 8.92. The minimum Gasteiger partial charge on any atom is -0.426 e. The summed E-state index contributed by atoms with van der Waals surface area (Å²) in [4.78, 5) is 27.6. The van der Waals surface area contributed by atoms with Crippen molar-refractivity contribution in [1.82, 2.24) is 0 Å². The molecule has 0 bridgehead atoms. The van der Waals surface area contributed by atoms with Crippen molar-refractivity contribution in [3.63, 3.8) is 0 Å². The SMILES string of the molecule is CCCc1ccc(-c2ccc(CC(=O)Oc3ccc4c(c3-c3c(OC(=O)Cc5ccc(-c6ccc(CCC)cc6)cc5)ccc5c3CCCC5)CCCC4)cc2)cc1. The van der Waals surface area contributed by atoms with Gasteiger partial charge in [-0.1, -0.05) is 136 Å². The highest BCUT2D eigenvalue weighted by Crippen LogP contribution is 2.47. The van der Waals surface area contributed by atoms with Crippen LogP contribution in [-0.2, 0) is 61.0 Å². The van der Waals surface area contributed by atoms with Crippen molar-refractivity contribution < 1.29 is 19.1 Å². The van der Waals surface area contributed by atoms with E-state index in [1.807, 2.05) is 36.4 Å². The highest BCUT2D eigenvalue weighted by Gasteiger charge is 2.28. The molecule has 0 N–H and O–H groups in total. The van der Waals surface area contributed by atoms with E-state index in [1.165, 1.54) is 33.4 Å². The molecule has 0 amide bonds. The van der Waals surface area contributed by atoms with Crippen LogP contribution in [0.4, 0.5) is 0 Å². The molecular weight excluding hydrogens is 713 g/mol. The molecule has 0 heterocycles. The van der Waals surface area contributed by atoms with E-state index in [0.717, 1.165) is 122 Å². The van der Waals surface area contributed by atoms with Gasteiger partial charge in [0.2, 0.25) is 0 Å². The molecule has 0 fully saturated rings. The minimum absolute atomic E-state index is 0.157. The number of hydrogen-bond donors (Lipinski definition) is 0. The van der Waals surface area contributed by atoms with Gasteiger partial charge in [0.1, 0.15) is 11.5 Å². The van der Waals surface area contributed by atoms with E-state index in [0.29, 0.717) is 11.5 Å². The fourth-order valence-electron chi connectivity index (χ4n) is 8.92. The number of fused-ring (bicyclic) bond motifs is 2. The topological polar surface area (TPSA) is 52.6 Å². The van der Waals surface area contributed by atoms with Crippen LogP contribution in [0.25, 0.3) is 33.4 Å². The summed E-state index contributed by atoms with van der Waals surface area (Å²) in [7, 11) is 0. The van der Waals surface area contributed by atoms with Gasteiger partial charge in [-0.05, 0) is 143 Å². The van der Waals surface area contributed by atoms with E-state index in [-0.39, 0.29) is 24.8 Å². The average molecular weight is 767 g/mol. The molecule has 0 unspecified atom stereocenters. The number of aryl methyl sites for hydroxylation is 4. The Kier molecular flexibility index (Phi) is 12.3. The Labute approximate surface area is 344 Å². The number of carbonyl (C=O) groups excluding carboxylic acids is 2. The molecule has 58 heavy (non-hydrogen) atoms. The zero-order valence-corrected chi connectivity index (χ0v) is 34.1. The number of benzene rings is 6. The summed E-state index contributed by atoms with van der Waals surface area (Å²) in [5.41, 5.74) is 15.9. The Morgan fingerprint density at radius 2 is 0.741 bits per heavy atom. The second-order valence-electron chi connectivity index (χ2n) is 16.2. The minimum atomic E-state index is -0.308. The summed E-state index contributed by atoms with van der Waals surface area (Å²) in [6.07, 6.45) is 12.9. The van der Waals surface area contributed by atoms with E-state index < -0.39 is 0 Å². The van der Waals surface area contributed by atoms with Gasteiger partial charge in [0.25, 0.3) is 0 Å². The first-order chi connectivity index (χ1) is 28.4. The lowest BCUT2D eigenvalue weighted by Gasteiger charge is -2.27. The van der Waals surface area contributed by atoms with Crippen molar-refractivity contribution in [2.45, 2.75) is 104 Å². The molecule has 8 rings (SSSR count). The maximum absolute atomic E-state index is 13.8. The first kappa shape index (κ1) is 39.1. The van der Waals surface area contributed by atoms with Gasteiger partial charge in [0, 0.05) is 11.1 Å². The van der Waals surface area contributed by atoms with Crippen LogP contribution in [-0.4, -0.2) is 11.9 Å². The molecule has 0 radical (unpaired) electrons. The van der Waals surface area contributed by atoms with E-state index in [4.69, 9.17) is 9.47 Å². The molecule has 0 aromatic heterocycles. The summed E-state index contributed by atoms with van der Waals surface area (Å²) >= 11 is 0. The van der Waals surface area contributed by atoms with Crippen molar-refractivity contribution in [3.8, 4) is 44.9 Å². The summed E-state index contributed by atoms with van der Waals surface area (Å²) in [6.45, 7) is 4.40. The van der Waals surface area contributed by atoms with Crippen LogP contribution < -0.4 is 9.47 Å². The molecule has 6 aromatic rings. The summed E-state index contributed by atoms with van der Waals surface area (Å²) in [6, 6.07) is 42.1. The second kappa shape index (κ2) is 18.2. The highest BCUT2D eigenvalue weighted by atomic mass is 16.5. The van der Waals surface area contributed by atoms with Crippen molar-refractivity contribution in [2.75, 3.05) is 0 Å². The molecule has 0 spiro atoms. The van der Waals surface area contributed by atoms with Crippen molar-refractivity contribution in [1.29, 1.82) is 0 Å². The lowest BCUT2D eigenvalue weighted by Crippen LogP contribution is -2.17. The second-order valence-corrected chi connectivity index (χ2v) is 16.2. The van der Waals surface area contributed by atoms with E-state index in [2.05, 4.69) is 98.8 Å². The monoisotopic (exact) mass is 766 g/mol. The van der Waals surface area contributed by atoms with Crippen LogP contribution in [0.3, 0.4) is 0 Å². The Bertz CT molecular complexity index is 2200. The zero-order valence-electron chi connectivity index (χ0n) is 34.1. The third kappa shape index (κ3) is 9.02. The van der Waals surface area contributed by atoms with Crippen molar-refractivity contribution in [3.05, 3.63) is 166 Å². The molecule has 2 aliphatic rings. The first-order valence-corrected chi connectivity index (χ1v) is 21.5. The number of carbonyl (C=O) groups is 2. The quantitative estimate of drug-likeness (QED) is 0.0868. The maximum atomic E-state index is 13.8. The Morgan fingerprint density at radius 3 is 1.09 bits per heavy atom. The third-order valence-electron chi connectivity index (χ3n) is 11.9. The zero-order chi connectivity index (χ0) is 39.8. The summed E-state index contributed by atoms with van der Waals surface area (Å²) in [5.74, 6) is 0.475. The van der Waals surface area contributed by atoms with Crippen LogP contribution in [0.15, 0.2) is 121 Å². The average Bonchev–Trinajstić information content (AvgIpc) is 3.25. The molecule has 0 atom stereocenters. The van der Waals surface area contributed by atoms with Gasteiger partial charge >= 0.3 is 11.9 Å². The smallest absolute Gasteiger partial charge is 0.315 e. The molecular formula is C54H54O4. The molecule has 2 aliphatic carbocycles. The van der Waals surface area contributed by atoms with Crippen LogP contribution in [0.1, 0.15) is 96.9 Å². The van der Waals surface area contributed by atoms with Crippen molar-refractivity contribution in [2.24, 2.45) is 0 Å². The molecule has 4 heteroatoms. The molecule has 0 saturated carbocycles. The fraction of sp³-hybridized carbons (Fsp3) is 0.296. The van der Waals surface area contributed by atoms with Gasteiger partial charge < -0.3 is 9.47 Å². The van der Waals surface area contributed by atoms with Crippen LogP contribution in [0.2, 0.25) is 0 Å². The number of rotatable bonds is 13. The Morgan fingerprint density at radius 1 is 0.414 bits per heavy atom. The third-order valence-corrected chi connectivity index (χ3v) is 11.9. The van der Waals surface area contributed by atoms with Gasteiger partial charge in [-0.3, -0.25) is 9.59 Å². The van der Waals surface area contributed by atoms with Gasteiger partial charge in [-0.25, -0.2) is 0 Å². The number of hydrogen-bond acceptors (Lipinski definition) is 4. The lowest BCUT2D eigenvalue weighted by molar-refractivity contribution is -0.134. The number of ether oxygens (including phenoxy) is 2. The summed E-state index contributed by atoms with van der Waals surface area (Å²) in [5, 5.41) is 0. The molecule has 0 saturated heterocycles. The Balaban J connectivity index is 1.05. The van der Waals surface area contributed by atoms with E-state index in [1.54, 1.807) is 0 Å². The normalized spacial score (nSPS) is 13.3. The van der Waals surface area contributed by atoms with Gasteiger partial charge in [-0.2, -0.15) is 0 Å². The molecule has 294 valence electrons. The standard InChI is InChI=1S/C54H54O4/c1-3-9-37-15-23-41(24-16-37)43-27-19-39(20-28-43)35-51(55)57-49-33-31-45-11-5-7-13-47(45)53(49)54-48-14-8-6-12-46(48)32-34-50(54)58-52(56)36-40-21-29-44(30-22-40)42-25-17-38(10-4-2)18-26-42/h15-34H,3-14,35-36H2,1-2H3. The van der Waals surface area contributed by atoms with Crippen molar-refractivity contribution >= 4 is 11.9 Å². The predicted molar refractivity (Wildman–Crippen MR) is 236 cm³/mol. The largest absolute Gasteiger partial charge is 0.426 e. The lowest BCUT2D eigenvalue weighted by atomic mass is 9.80. The summed E-state index contributed by atoms with van der Waals surface area (Å²) < 4.78 is 12.7.